The second kappa shape index (κ2) is 6.82. The van der Waals surface area contributed by atoms with E-state index in [1.807, 2.05) is 0 Å². The van der Waals surface area contributed by atoms with Crippen molar-refractivity contribution >= 4 is 5.91 Å². The van der Waals surface area contributed by atoms with Crippen molar-refractivity contribution in [2.75, 3.05) is 0 Å². The summed E-state index contributed by atoms with van der Waals surface area (Å²) in [6.45, 7) is 0.0543. The van der Waals surface area contributed by atoms with Crippen LogP contribution in [0.15, 0.2) is 59.2 Å². The molecule has 0 aliphatic rings. The number of aromatic hydroxyl groups is 1. The number of nitrogens with zero attached hydrogens (tertiary/aromatic N) is 1. The molecule has 3 aromatic rings. The van der Waals surface area contributed by atoms with E-state index < -0.39 is 5.91 Å². The number of carbonyl (C=O) groups is 1. The van der Waals surface area contributed by atoms with Crippen LogP contribution in [0, 0.1) is 0 Å². The Labute approximate surface area is 136 Å². The molecule has 122 valence electrons. The number of amides is 1. The fourth-order valence-electron chi connectivity index (χ4n) is 2.07. The third kappa shape index (κ3) is 3.52. The molecular formula is C17H13FN2O4. The molecule has 0 aliphatic heterocycles. The van der Waals surface area contributed by atoms with E-state index in [1.165, 1.54) is 18.4 Å². The summed E-state index contributed by atoms with van der Waals surface area (Å²) < 4.78 is 23.0. The molecule has 3 rings (SSSR count). The third-order valence-electron chi connectivity index (χ3n) is 3.26. The zero-order valence-electron chi connectivity index (χ0n) is 12.4. The van der Waals surface area contributed by atoms with Gasteiger partial charge in [0.2, 0.25) is 5.89 Å². The lowest BCUT2D eigenvalue weighted by molar-refractivity contribution is 0.0859. The molecule has 0 unspecified atom stereocenters. The zero-order valence-corrected chi connectivity index (χ0v) is 12.4. The van der Waals surface area contributed by atoms with Gasteiger partial charge in [0.1, 0.15) is 23.5 Å². The summed E-state index contributed by atoms with van der Waals surface area (Å²) in [7, 11) is 0. The van der Waals surface area contributed by atoms with Crippen molar-refractivity contribution in [3.63, 3.8) is 0 Å². The van der Waals surface area contributed by atoms with Gasteiger partial charge in [0.25, 0.3) is 5.91 Å². The molecule has 0 fully saturated rings. The van der Waals surface area contributed by atoms with Crippen molar-refractivity contribution in [1.29, 1.82) is 0 Å². The minimum absolute atomic E-state index is 0.0543. The van der Waals surface area contributed by atoms with Crippen molar-refractivity contribution < 1.29 is 23.5 Å². The summed E-state index contributed by atoms with van der Waals surface area (Å²) in [4.78, 5) is 15.5. The molecule has 0 saturated carbocycles. The van der Waals surface area contributed by atoms with Crippen LogP contribution >= 0.6 is 0 Å². The van der Waals surface area contributed by atoms with E-state index in [0.717, 1.165) is 11.1 Å². The lowest BCUT2D eigenvalue weighted by Crippen LogP contribution is -2.13. The highest BCUT2D eigenvalue weighted by Gasteiger charge is 2.09. The first kappa shape index (κ1) is 15.5. The quantitative estimate of drug-likeness (QED) is 0.702. The molecule has 0 atom stereocenters. The number of ether oxygens (including phenoxy) is 1. The van der Waals surface area contributed by atoms with Crippen molar-refractivity contribution in [2.24, 2.45) is 0 Å². The largest absolute Gasteiger partial charge is 0.508 e. The van der Waals surface area contributed by atoms with Crippen LogP contribution in [0.25, 0.3) is 11.3 Å². The molecule has 2 aromatic carbocycles. The van der Waals surface area contributed by atoms with Crippen LogP contribution in [-0.4, -0.2) is 16.0 Å². The van der Waals surface area contributed by atoms with Gasteiger partial charge < -0.3 is 14.3 Å². The van der Waals surface area contributed by atoms with Gasteiger partial charge in [0, 0.05) is 11.1 Å². The Morgan fingerprint density at radius 3 is 2.79 bits per heavy atom. The highest BCUT2D eigenvalue weighted by molar-refractivity contribution is 5.93. The topological polar surface area (TPSA) is 84.6 Å². The van der Waals surface area contributed by atoms with Crippen molar-refractivity contribution in [2.45, 2.75) is 6.61 Å². The smallest absolute Gasteiger partial charge is 0.279 e. The number of benzene rings is 2. The molecule has 2 N–H and O–H groups in total. The minimum Gasteiger partial charge on any atom is -0.508 e. The summed E-state index contributed by atoms with van der Waals surface area (Å²) in [5.41, 5.74) is 2.62. The van der Waals surface area contributed by atoms with Gasteiger partial charge in [-0.25, -0.2) is 4.98 Å². The van der Waals surface area contributed by atoms with Crippen LogP contribution < -0.4 is 10.3 Å². The Bertz CT molecular complexity index is 846. The Morgan fingerprint density at radius 2 is 2.04 bits per heavy atom. The summed E-state index contributed by atoms with van der Waals surface area (Å²) in [6, 6.07) is 12.7. The number of oxazole rings is 1. The standard InChI is InChI=1S/C17H13FN2O4/c18-20-17(22)12-2-1-3-14(8-12)23-10-16-19-15(9-24-16)11-4-6-13(21)7-5-11/h1-9,21H,10H2,(H,20,22). The van der Waals surface area contributed by atoms with E-state index in [1.54, 1.807) is 36.4 Å². The van der Waals surface area contributed by atoms with Gasteiger partial charge in [-0.2, -0.15) is 5.54 Å². The number of nitrogens with one attached hydrogen (secondary N) is 1. The van der Waals surface area contributed by atoms with Crippen molar-refractivity contribution in [3.8, 4) is 22.8 Å². The molecule has 0 aliphatic carbocycles. The number of halogens is 1. The van der Waals surface area contributed by atoms with Crippen LogP contribution in [-0.2, 0) is 6.61 Å². The predicted octanol–water partition coefficient (Wildman–Crippen LogP) is 3.24. The maximum atomic E-state index is 12.2. The van der Waals surface area contributed by atoms with Gasteiger partial charge in [0.15, 0.2) is 6.61 Å². The molecule has 24 heavy (non-hydrogen) atoms. The molecular weight excluding hydrogens is 315 g/mol. The van der Waals surface area contributed by atoms with Gasteiger partial charge in [-0.15, -0.1) is 0 Å². The highest BCUT2D eigenvalue weighted by Crippen LogP contribution is 2.22. The minimum atomic E-state index is -0.841. The second-order valence-electron chi connectivity index (χ2n) is 4.91. The lowest BCUT2D eigenvalue weighted by Gasteiger charge is -2.04. The molecule has 0 saturated heterocycles. The zero-order chi connectivity index (χ0) is 16.9. The molecule has 7 heteroatoms. The molecule has 1 heterocycles. The van der Waals surface area contributed by atoms with E-state index in [9.17, 15) is 14.4 Å². The van der Waals surface area contributed by atoms with Crippen LogP contribution in [0.4, 0.5) is 4.48 Å². The molecule has 0 spiro atoms. The van der Waals surface area contributed by atoms with Gasteiger partial charge >= 0.3 is 0 Å². The monoisotopic (exact) mass is 328 g/mol. The summed E-state index contributed by atoms with van der Waals surface area (Å²) in [5, 5.41) is 9.28. The average molecular weight is 328 g/mol. The summed E-state index contributed by atoms with van der Waals surface area (Å²) in [6.07, 6.45) is 1.48. The van der Waals surface area contributed by atoms with Gasteiger partial charge in [0.05, 0.1) is 0 Å². The number of rotatable bonds is 5. The summed E-state index contributed by atoms with van der Waals surface area (Å²) >= 11 is 0. The number of aromatic nitrogens is 1. The highest BCUT2D eigenvalue weighted by atomic mass is 19.2. The van der Waals surface area contributed by atoms with E-state index in [4.69, 9.17) is 9.15 Å². The first-order chi connectivity index (χ1) is 11.7. The second-order valence-corrected chi connectivity index (χ2v) is 4.91. The molecule has 1 amide bonds. The Morgan fingerprint density at radius 1 is 1.25 bits per heavy atom. The maximum absolute atomic E-state index is 12.2. The van der Waals surface area contributed by atoms with E-state index in [-0.39, 0.29) is 17.9 Å². The molecule has 0 bridgehead atoms. The fraction of sp³-hybridized carbons (Fsp3) is 0.0588. The average Bonchev–Trinajstić information content (AvgIpc) is 3.09. The number of hydrogen-bond acceptors (Lipinski definition) is 5. The van der Waals surface area contributed by atoms with Gasteiger partial charge in [-0.3, -0.25) is 4.79 Å². The van der Waals surface area contributed by atoms with E-state index in [0.29, 0.717) is 17.3 Å². The maximum Gasteiger partial charge on any atom is 0.279 e. The van der Waals surface area contributed by atoms with Crippen LogP contribution in [0.3, 0.4) is 0 Å². The Hall–Kier alpha value is -3.35. The fourth-order valence-corrected chi connectivity index (χ4v) is 2.07. The lowest BCUT2D eigenvalue weighted by atomic mass is 10.2. The molecule has 6 nitrogen and oxygen atoms in total. The van der Waals surface area contributed by atoms with Gasteiger partial charge in [-0.1, -0.05) is 10.5 Å². The molecule has 1 aromatic heterocycles. The van der Waals surface area contributed by atoms with E-state index >= 15 is 0 Å². The Kier molecular flexibility index (Phi) is 4.42. The Balaban J connectivity index is 1.67. The SMILES string of the molecule is O=C(NF)c1cccc(OCc2nc(-c3ccc(O)cc3)co2)c1. The molecule has 0 radical (unpaired) electrons. The number of hydrogen-bond donors (Lipinski definition) is 2. The van der Waals surface area contributed by atoms with E-state index in [2.05, 4.69) is 4.98 Å². The van der Waals surface area contributed by atoms with Crippen LogP contribution in [0.5, 0.6) is 11.5 Å². The first-order valence-corrected chi connectivity index (χ1v) is 7.03. The van der Waals surface area contributed by atoms with Crippen molar-refractivity contribution in [3.05, 3.63) is 66.2 Å². The van der Waals surface area contributed by atoms with Crippen molar-refractivity contribution in [1.82, 2.24) is 10.5 Å². The predicted molar refractivity (Wildman–Crippen MR) is 83.0 cm³/mol. The van der Waals surface area contributed by atoms with Crippen LogP contribution in [0.2, 0.25) is 0 Å². The third-order valence-corrected chi connectivity index (χ3v) is 3.26. The number of carbonyl (C=O) groups excluding carboxylic acids is 1. The summed E-state index contributed by atoms with van der Waals surface area (Å²) in [5.74, 6) is 0.0631. The normalized spacial score (nSPS) is 10.4. The van der Waals surface area contributed by atoms with Gasteiger partial charge in [-0.05, 0) is 42.5 Å². The first-order valence-electron chi connectivity index (χ1n) is 7.03. The van der Waals surface area contributed by atoms with Crippen LogP contribution in [0.1, 0.15) is 16.2 Å². The number of phenols is 1. The number of phenolic OH excluding ortho intramolecular Hbond substituents is 1.